The lowest BCUT2D eigenvalue weighted by Gasteiger charge is -2.39. The van der Waals surface area contributed by atoms with E-state index in [0.29, 0.717) is 55.7 Å². The predicted octanol–water partition coefficient (Wildman–Crippen LogP) is 6.50. The maximum absolute atomic E-state index is 14.2. The Hall–Kier alpha value is -4.11. The molecule has 5 rings (SSSR count). The number of piperidine rings is 1. The summed E-state index contributed by atoms with van der Waals surface area (Å²) in [5.41, 5.74) is 1.96. The molecule has 0 aliphatic carbocycles. The number of halogens is 2. The SMILES string of the molecule is CC(C)Cc1ccc(-c2nc(-c3ccc(CN4CCC(Cc5c(F)cccc5F)(C(=O)O)CC4)cc3)no2)cc1O. The van der Waals surface area contributed by atoms with Crippen LogP contribution in [0.25, 0.3) is 22.8 Å². The van der Waals surface area contributed by atoms with E-state index in [1.54, 1.807) is 6.07 Å². The molecule has 0 amide bonds. The first-order valence-corrected chi connectivity index (χ1v) is 13.8. The summed E-state index contributed by atoms with van der Waals surface area (Å²) in [6.45, 7) is 5.81. The van der Waals surface area contributed by atoms with Crippen LogP contribution in [0.5, 0.6) is 5.75 Å². The van der Waals surface area contributed by atoms with Crippen LogP contribution in [0.1, 0.15) is 43.4 Å². The van der Waals surface area contributed by atoms with Crippen LogP contribution in [0, 0.1) is 23.0 Å². The van der Waals surface area contributed by atoms with E-state index in [4.69, 9.17) is 4.52 Å². The van der Waals surface area contributed by atoms with Crippen LogP contribution in [-0.2, 0) is 24.2 Å². The third kappa shape index (κ3) is 6.30. The summed E-state index contributed by atoms with van der Waals surface area (Å²) in [6, 6.07) is 16.7. The van der Waals surface area contributed by atoms with Crippen molar-refractivity contribution in [2.45, 2.75) is 46.1 Å². The first-order valence-electron chi connectivity index (χ1n) is 13.8. The molecule has 1 aliphatic heterocycles. The largest absolute Gasteiger partial charge is 0.508 e. The van der Waals surface area contributed by atoms with Gasteiger partial charge < -0.3 is 14.7 Å². The highest BCUT2D eigenvalue weighted by Crippen LogP contribution is 2.37. The number of carbonyl (C=O) groups is 1. The van der Waals surface area contributed by atoms with Crippen LogP contribution >= 0.6 is 0 Å². The van der Waals surface area contributed by atoms with E-state index in [0.717, 1.165) is 35.2 Å². The van der Waals surface area contributed by atoms with Crippen LogP contribution in [0.15, 0.2) is 65.2 Å². The molecule has 0 radical (unpaired) electrons. The van der Waals surface area contributed by atoms with Gasteiger partial charge in [0, 0.05) is 23.2 Å². The number of phenolic OH excluding ortho intramolecular Hbond substituents is 1. The predicted molar refractivity (Wildman–Crippen MR) is 150 cm³/mol. The number of aromatic nitrogens is 2. The van der Waals surface area contributed by atoms with E-state index < -0.39 is 23.0 Å². The Labute approximate surface area is 237 Å². The zero-order chi connectivity index (χ0) is 29.1. The molecule has 1 aliphatic rings. The lowest BCUT2D eigenvalue weighted by atomic mass is 9.73. The summed E-state index contributed by atoms with van der Waals surface area (Å²) in [4.78, 5) is 18.9. The first kappa shape index (κ1) is 28.4. The Bertz CT molecular complexity index is 1510. The normalized spacial score (nSPS) is 15.3. The Morgan fingerprint density at radius 3 is 2.29 bits per heavy atom. The van der Waals surface area contributed by atoms with Gasteiger partial charge in [-0.3, -0.25) is 9.69 Å². The van der Waals surface area contributed by atoms with Crippen molar-refractivity contribution in [2.75, 3.05) is 13.1 Å². The number of carboxylic acids is 1. The number of rotatable bonds is 9. The van der Waals surface area contributed by atoms with Crippen molar-refractivity contribution in [2.24, 2.45) is 11.3 Å². The second kappa shape index (κ2) is 11.8. The van der Waals surface area contributed by atoms with Crippen molar-refractivity contribution >= 4 is 5.97 Å². The molecule has 7 nitrogen and oxygen atoms in total. The van der Waals surface area contributed by atoms with Gasteiger partial charge in [0.05, 0.1) is 5.41 Å². The molecule has 3 aromatic carbocycles. The molecular formula is C32H33F2N3O4. The van der Waals surface area contributed by atoms with E-state index >= 15 is 0 Å². The van der Waals surface area contributed by atoms with Crippen molar-refractivity contribution in [1.82, 2.24) is 15.0 Å². The molecule has 0 saturated carbocycles. The second-order valence-corrected chi connectivity index (χ2v) is 11.3. The minimum atomic E-state index is -1.20. The molecule has 0 unspecified atom stereocenters. The summed E-state index contributed by atoms with van der Waals surface area (Å²) in [7, 11) is 0. The minimum Gasteiger partial charge on any atom is -0.508 e. The van der Waals surface area contributed by atoms with Crippen LogP contribution in [0.3, 0.4) is 0 Å². The molecule has 0 spiro atoms. The van der Waals surface area contributed by atoms with Crippen molar-refractivity contribution in [3.63, 3.8) is 0 Å². The van der Waals surface area contributed by atoms with Crippen molar-refractivity contribution < 1.29 is 28.3 Å². The van der Waals surface area contributed by atoms with E-state index in [1.807, 2.05) is 36.4 Å². The summed E-state index contributed by atoms with van der Waals surface area (Å²) >= 11 is 0. The smallest absolute Gasteiger partial charge is 0.310 e. The summed E-state index contributed by atoms with van der Waals surface area (Å²) in [6.07, 6.45) is 1.21. The molecule has 1 aromatic heterocycles. The highest BCUT2D eigenvalue weighted by atomic mass is 19.1. The number of benzene rings is 3. The fraction of sp³-hybridized carbons (Fsp3) is 0.344. The Kier molecular flexibility index (Phi) is 8.17. The summed E-state index contributed by atoms with van der Waals surface area (Å²) in [5, 5.41) is 24.5. The molecule has 1 fully saturated rings. The molecule has 2 heterocycles. The molecule has 0 atom stereocenters. The van der Waals surface area contributed by atoms with Gasteiger partial charge in [-0.15, -0.1) is 0 Å². The highest BCUT2D eigenvalue weighted by molar-refractivity contribution is 5.75. The minimum absolute atomic E-state index is 0.163. The third-order valence-corrected chi connectivity index (χ3v) is 7.85. The molecule has 41 heavy (non-hydrogen) atoms. The standard InChI is InChI=1S/C32H33F2N3O4/c1-20(2)16-23-10-11-24(17-28(23)38)30-35-29(36-41-30)22-8-6-21(7-9-22)19-37-14-12-32(13-15-37,31(39)40)18-25-26(33)4-3-5-27(25)34/h3-11,17,20,38H,12-16,18-19H2,1-2H3,(H,39,40). The van der Waals surface area contributed by atoms with Crippen molar-refractivity contribution in [1.29, 1.82) is 0 Å². The lowest BCUT2D eigenvalue weighted by Crippen LogP contribution is -2.45. The lowest BCUT2D eigenvalue weighted by molar-refractivity contribution is -0.152. The van der Waals surface area contributed by atoms with Crippen LogP contribution in [0.4, 0.5) is 8.78 Å². The summed E-state index contributed by atoms with van der Waals surface area (Å²) in [5.74, 6) is -1.06. The zero-order valence-electron chi connectivity index (χ0n) is 23.1. The number of nitrogens with zero attached hydrogens (tertiary/aromatic N) is 3. The maximum atomic E-state index is 14.2. The molecule has 0 bridgehead atoms. The Morgan fingerprint density at radius 2 is 1.68 bits per heavy atom. The average Bonchev–Trinajstić information content (AvgIpc) is 3.44. The van der Waals surface area contributed by atoms with Crippen LogP contribution < -0.4 is 0 Å². The van der Waals surface area contributed by atoms with Gasteiger partial charge in [0.2, 0.25) is 5.82 Å². The Balaban J connectivity index is 1.21. The zero-order valence-corrected chi connectivity index (χ0v) is 23.1. The third-order valence-electron chi connectivity index (χ3n) is 7.85. The van der Waals surface area contributed by atoms with Crippen molar-refractivity contribution in [3.8, 4) is 28.6 Å². The maximum Gasteiger partial charge on any atom is 0.310 e. The quantitative estimate of drug-likeness (QED) is 0.241. The van der Waals surface area contributed by atoms with Gasteiger partial charge in [0.1, 0.15) is 17.4 Å². The van der Waals surface area contributed by atoms with Crippen molar-refractivity contribution in [3.05, 3.63) is 89.0 Å². The molecular weight excluding hydrogens is 528 g/mol. The summed E-state index contributed by atoms with van der Waals surface area (Å²) < 4.78 is 33.9. The second-order valence-electron chi connectivity index (χ2n) is 11.3. The number of likely N-dealkylation sites (tertiary alicyclic amines) is 1. The molecule has 2 N–H and O–H groups in total. The monoisotopic (exact) mass is 561 g/mol. The van der Waals surface area contributed by atoms with Gasteiger partial charge in [0.25, 0.3) is 5.89 Å². The number of aromatic hydroxyl groups is 1. The molecule has 4 aromatic rings. The number of carboxylic acid groups (broad SMARTS) is 1. The molecule has 1 saturated heterocycles. The van der Waals surface area contributed by atoms with Crippen LogP contribution in [0.2, 0.25) is 0 Å². The average molecular weight is 562 g/mol. The van der Waals surface area contributed by atoms with Gasteiger partial charge in [-0.05, 0) is 80.1 Å². The number of phenols is 1. The van der Waals surface area contributed by atoms with Gasteiger partial charge in [-0.25, -0.2) is 8.78 Å². The van der Waals surface area contributed by atoms with E-state index in [1.165, 1.54) is 6.07 Å². The van der Waals surface area contributed by atoms with E-state index in [9.17, 15) is 23.8 Å². The Morgan fingerprint density at radius 1 is 1.02 bits per heavy atom. The topological polar surface area (TPSA) is 99.7 Å². The van der Waals surface area contributed by atoms with E-state index in [-0.39, 0.29) is 17.7 Å². The van der Waals surface area contributed by atoms with Gasteiger partial charge in [0.15, 0.2) is 0 Å². The first-order chi connectivity index (χ1) is 19.6. The molecule has 214 valence electrons. The van der Waals surface area contributed by atoms with Gasteiger partial charge >= 0.3 is 5.97 Å². The molecule has 9 heteroatoms. The number of hydrogen-bond acceptors (Lipinski definition) is 6. The number of aliphatic carboxylic acids is 1. The van der Waals surface area contributed by atoms with Crippen LogP contribution in [-0.4, -0.2) is 44.3 Å². The fourth-order valence-electron chi connectivity index (χ4n) is 5.43. The van der Waals surface area contributed by atoms with E-state index in [2.05, 4.69) is 28.9 Å². The van der Waals surface area contributed by atoms with Gasteiger partial charge in [-0.2, -0.15) is 4.98 Å². The fourth-order valence-corrected chi connectivity index (χ4v) is 5.43. The number of hydrogen-bond donors (Lipinski definition) is 2. The van der Waals surface area contributed by atoms with Gasteiger partial charge in [-0.1, -0.05) is 55.4 Å². The highest BCUT2D eigenvalue weighted by Gasteiger charge is 2.42.